The molecule has 1 aliphatic rings. The second-order valence-electron chi connectivity index (χ2n) is 3.41. The molecule has 12 heavy (non-hydrogen) atoms. The summed E-state index contributed by atoms with van der Waals surface area (Å²) in [4.78, 5) is 2.38. The average molecular weight is 192 g/mol. The first-order valence-electron chi connectivity index (χ1n) is 4.79. The van der Waals surface area contributed by atoms with Crippen molar-refractivity contribution < 1.29 is 5.11 Å². The van der Waals surface area contributed by atoms with Gasteiger partial charge in [-0.15, -0.1) is 11.6 Å². The van der Waals surface area contributed by atoms with Crippen LogP contribution < -0.4 is 0 Å². The van der Waals surface area contributed by atoms with Gasteiger partial charge in [0.2, 0.25) is 0 Å². The Labute approximate surface area is 79.5 Å². The summed E-state index contributed by atoms with van der Waals surface area (Å²) in [7, 11) is 0. The van der Waals surface area contributed by atoms with E-state index in [4.69, 9.17) is 16.7 Å². The van der Waals surface area contributed by atoms with Gasteiger partial charge in [0.25, 0.3) is 0 Å². The number of likely N-dealkylation sites (tertiary alicyclic amines) is 1. The van der Waals surface area contributed by atoms with Crippen LogP contribution in [0.5, 0.6) is 0 Å². The summed E-state index contributed by atoms with van der Waals surface area (Å²) in [6.07, 6.45) is 4.67. The lowest BCUT2D eigenvalue weighted by Crippen LogP contribution is -2.32. The number of rotatable bonds is 5. The number of alkyl halides is 1. The Bertz CT molecular complexity index is 121. The summed E-state index contributed by atoms with van der Waals surface area (Å²) >= 11 is 5.59. The van der Waals surface area contributed by atoms with Crippen molar-refractivity contribution in [1.82, 2.24) is 4.90 Å². The van der Waals surface area contributed by atoms with Gasteiger partial charge in [-0.3, -0.25) is 4.90 Å². The fourth-order valence-corrected chi connectivity index (χ4v) is 1.99. The molecule has 3 heteroatoms. The highest BCUT2D eigenvalue weighted by Crippen LogP contribution is 2.16. The number of unbranched alkanes of at least 4 members (excludes halogenated alkanes) is 1. The minimum Gasteiger partial charge on any atom is -0.395 e. The lowest BCUT2D eigenvalue weighted by Gasteiger charge is -2.22. The van der Waals surface area contributed by atoms with Gasteiger partial charge >= 0.3 is 0 Å². The van der Waals surface area contributed by atoms with E-state index in [1.165, 1.54) is 12.8 Å². The van der Waals surface area contributed by atoms with Crippen molar-refractivity contribution in [2.45, 2.75) is 31.7 Å². The van der Waals surface area contributed by atoms with Gasteiger partial charge in [0, 0.05) is 11.9 Å². The molecular formula is C9H18ClNO. The minimum absolute atomic E-state index is 0.320. The number of aliphatic hydroxyl groups is 1. The topological polar surface area (TPSA) is 23.5 Å². The van der Waals surface area contributed by atoms with Gasteiger partial charge in [0.15, 0.2) is 0 Å². The van der Waals surface area contributed by atoms with E-state index in [0.29, 0.717) is 12.6 Å². The molecule has 72 valence electrons. The lowest BCUT2D eigenvalue weighted by atomic mass is 10.2. The molecule has 0 spiro atoms. The maximum atomic E-state index is 9.03. The van der Waals surface area contributed by atoms with Crippen LogP contribution in [0, 0.1) is 0 Å². The number of halogens is 1. The van der Waals surface area contributed by atoms with Crippen molar-refractivity contribution in [2.75, 3.05) is 25.6 Å². The van der Waals surface area contributed by atoms with E-state index in [2.05, 4.69) is 4.90 Å². The molecule has 1 heterocycles. The van der Waals surface area contributed by atoms with E-state index in [1.807, 2.05) is 0 Å². The summed E-state index contributed by atoms with van der Waals surface area (Å²) < 4.78 is 0. The first-order valence-corrected chi connectivity index (χ1v) is 5.33. The Hall–Kier alpha value is 0.210. The second kappa shape index (κ2) is 5.79. The van der Waals surface area contributed by atoms with Gasteiger partial charge in [0.1, 0.15) is 0 Å². The van der Waals surface area contributed by atoms with Gasteiger partial charge in [-0.1, -0.05) is 0 Å². The quantitative estimate of drug-likeness (QED) is 0.526. The van der Waals surface area contributed by atoms with Crippen LogP contribution in [-0.4, -0.2) is 41.6 Å². The summed E-state index contributed by atoms with van der Waals surface area (Å²) in [6, 6.07) is 0.431. The third-order valence-corrected chi connectivity index (χ3v) is 2.81. The smallest absolute Gasteiger partial charge is 0.0586 e. The van der Waals surface area contributed by atoms with E-state index in [1.54, 1.807) is 0 Å². The predicted octanol–water partition coefficient (Wildman–Crippen LogP) is 1.46. The van der Waals surface area contributed by atoms with E-state index in [-0.39, 0.29) is 0 Å². The number of hydrogen-bond donors (Lipinski definition) is 1. The Kier molecular flexibility index (Phi) is 4.96. The Morgan fingerprint density at radius 3 is 2.92 bits per heavy atom. The molecule has 0 radical (unpaired) electrons. The van der Waals surface area contributed by atoms with Gasteiger partial charge in [-0.2, -0.15) is 0 Å². The van der Waals surface area contributed by atoms with Crippen molar-refractivity contribution in [1.29, 1.82) is 0 Å². The highest BCUT2D eigenvalue weighted by Gasteiger charge is 2.22. The first kappa shape index (κ1) is 10.3. The van der Waals surface area contributed by atoms with Crippen molar-refractivity contribution in [3.8, 4) is 0 Å². The molecule has 0 aliphatic carbocycles. The number of aliphatic hydroxyl groups excluding tert-OH is 1. The van der Waals surface area contributed by atoms with Crippen molar-refractivity contribution >= 4 is 11.6 Å². The molecule has 1 atom stereocenters. The maximum Gasteiger partial charge on any atom is 0.0586 e. The molecule has 2 nitrogen and oxygen atoms in total. The van der Waals surface area contributed by atoms with Crippen LogP contribution in [0.4, 0.5) is 0 Å². The Balaban J connectivity index is 2.12. The van der Waals surface area contributed by atoms with Crippen molar-refractivity contribution in [3.63, 3.8) is 0 Å². The van der Waals surface area contributed by atoms with Crippen LogP contribution in [0.1, 0.15) is 25.7 Å². The molecule has 0 bridgehead atoms. The standard InChI is InChI=1S/C9H18ClNO/c10-5-1-2-6-11-7-3-4-9(11)8-12/h9,12H,1-8H2/t9-/m1/s1. The molecule has 1 N–H and O–H groups in total. The second-order valence-corrected chi connectivity index (χ2v) is 3.79. The molecule has 1 fully saturated rings. The SMILES string of the molecule is OC[C@H]1CCCN1CCCCCl. The highest BCUT2D eigenvalue weighted by molar-refractivity contribution is 6.17. The summed E-state index contributed by atoms with van der Waals surface area (Å²) in [5.41, 5.74) is 0. The zero-order chi connectivity index (χ0) is 8.81. The zero-order valence-corrected chi connectivity index (χ0v) is 8.26. The molecular weight excluding hydrogens is 174 g/mol. The molecule has 1 aliphatic heterocycles. The van der Waals surface area contributed by atoms with Gasteiger partial charge in [0.05, 0.1) is 6.61 Å². The Morgan fingerprint density at radius 1 is 1.42 bits per heavy atom. The van der Waals surface area contributed by atoms with E-state index < -0.39 is 0 Å². The van der Waals surface area contributed by atoms with Gasteiger partial charge in [-0.25, -0.2) is 0 Å². The third kappa shape index (κ3) is 2.92. The molecule has 0 aromatic carbocycles. The van der Waals surface area contributed by atoms with Crippen LogP contribution in [0.3, 0.4) is 0 Å². The third-order valence-electron chi connectivity index (χ3n) is 2.54. The van der Waals surface area contributed by atoms with Crippen LogP contribution in [0.15, 0.2) is 0 Å². The molecule has 0 unspecified atom stereocenters. The summed E-state index contributed by atoms with van der Waals surface area (Å²) in [5.74, 6) is 0.762. The normalized spacial score (nSPS) is 25.0. The lowest BCUT2D eigenvalue weighted by molar-refractivity contribution is 0.157. The largest absolute Gasteiger partial charge is 0.395 e. The predicted molar refractivity (Wildman–Crippen MR) is 51.6 cm³/mol. The fraction of sp³-hybridized carbons (Fsp3) is 1.00. The zero-order valence-electron chi connectivity index (χ0n) is 7.51. The molecule has 0 saturated carbocycles. The maximum absolute atomic E-state index is 9.03. The van der Waals surface area contributed by atoms with Gasteiger partial charge in [-0.05, 0) is 38.8 Å². The van der Waals surface area contributed by atoms with Crippen LogP contribution >= 0.6 is 11.6 Å². The highest BCUT2D eigenvalue weighted by atomic mass is 35.5. The minimum atomic E-state index is 0.320. The first-order chi connectivity index (χ1) is 5.88. The summed E-state index contributed by atoms with van der Waals surface area (Å²) in [6.45, 7) is 2.59. The average Bonchev–Trinajstić information content (AvgIpc) is 2.52. The van der Waals surface area contributed by atoms with Crippen molar-refractivity contribution in [2.24, 2.45) is 0 Å². The van der Waals surface area contributed by atoms with Crippen LogP contribution in [-0.2, 0) is 0 Å². The molecule has 0 aromatic rings. The molecule has 1 saturated heterocycles. The van der Waals surface area contributed by atoms with E-state index >= 15 is 0 Å². The summed E-state index contributed by atoms with van der Waals surface area (Å²) in [5, 5.41) is 9.03. The monoisotopic (exact) mass is 191 g/mol. The van der Waals surface area contributed by atoms with E-state index in [9.17, 15) is 0 Å². The van der Waals surface area contributed by atoms with Crippen LogP contribution in [0.25, 0.3) is 0 Å². The molecule has 0 aromatic heterocycles. The molecule has 1 rings (SSSR count). The Morgan fingerprint density at radius 2 is 2.25 bits per heavy atom. The fourth-order valence-electron chi connectivity index (χ4n) is 1.81. The number of hydrogen-bond acceptors (Lipinski definition) is 2. The van der Waals surface area contributed by atoms with Gasteiger partial charge < -0.3 is 5.11 Å². The molecule has 0 amide bonds. The van der Waals surface area contributed by atoms with E-state index in [0.717, 1.165) is 31.8 Å². The van der Waals surface area contributed by atoms with Crippen molar-refractivity contribution in [3.05, 3.63) is 0 Å². The van der Waals surface area contributed by atoms with Crippen LogP contribution in [0.2, 0.25) is 0 Å². The number of nitrogens with zero attached hydrogens (tertiary/aromatic N) is 1.